The summed E-state index contributed by atoms with van der Waals surface area (Å²) in [5.41, 5.74) is 2.46. The molecule has 0 aromatic heterocycles. The van der Waals surface area contributed by atoms with Crippen molar-refractivity contribution in [2.24, 2.45) is 0 Å². The fraction of sp³-hybridized carbons (Fsp3) is 0.467. The molecule has 0 spiro atoms. The Hall–Kier alpha value is -1.88. The van der Waals surface area contributed by atoms with Crippen LogP contribution in [-0.4, -0.2) is 30.2 Å². The fourth-order valence-corrected chi connectivity index (χ4v) is 1.87. The van der Waals surface area contributed by atoms with Crippen molar-refractivity contribution in [3.63, 3.8) is 0 Å². The molecule has 2 N–H and O–H groups in total. The Bertz CT molecular complexity index is 485. The Morgan fingerprint density at radius 1 is 1.35 bits per heavy atom. The third kappa shape index (κ3) is 4.35. The lowest BCUT2D eigenvalue weighted by atomic mass is 9.97. The molecule has 0 aliphatic carbocycles. The van der Waals surface area contributed by atoms with Gasteiger partial charge in [-0.15, -0.1) is 0 Å². The van der Waals surface area contributed by atoms with Crippen molar-refractivity contribution in [1.82, 2.24) is 5.32 Å². The average Bonchev–Trinajstić information content (AvgIpc) is 2.40. The van der Waals surface area contributed by atoms with Gasteiger partial charge in [-0.2, -0.15) is 0 Å². The van der Waals surface area contributed by atoms with Crippen molar-refractivity contribution in [3.05, 3.63) is 34.9 Å². The van der Waals surface area contributed by atoms with Gasteiger partial charge in [0.25, 0.3) is 0 Å². The van der Waals surface area contributed by atoms with Gasteiger partial charge in [-0.1, -0.05) is 25.1 Å². The summed E-state index contributed by atoms with van der Waals surface area (Å²) in [6, 6.07) is 4.36. The second-order valence-corrected chi connectivity index (χ2v) is 4.68. The van der Waals surface area contributed by atoms with E-state index in [1.54, 1.807) is 12.1 Å². The highest BCUT2D eigenvalue weighted by Crippen LogP contribution is 2.20. The topological polar surface area (TPSA) is 75.6 Å². The Kier molecular flexibility index (Phi) is 6.18. The number of rotatable bonds is 7. The Balaban J connectivity index is 2.82. The Labute approximate surface area is 118 Å². The minimum absolute atomic E-state index is 0.123. The minimum Gasteiger partial charge on any atom is -0.479 e. The number of carbonyl (C=O) groups excluding carboxylic acids is 1. The molecule has 0 aliphatic heterocycles. The molecular formula is C15H21NO4. The maximum atomic E-state index is 11.7. The van der Waals surface area contributed by atoms with Crippen molar-refractivity contribution in [2.75, 3.05) is 13.2 Å². The van der Waals surface area contributed by atoms with Crippen LogP contribution in [0, 0.1) is 13.8 Å². The molecule has 1 unspecified atom stereocenters. The van der Waals surface area contributed by atoms with Gasteiger partial charge in [0.1, 0.15) is 6.61 Å². The van der Waals surface area contributed by atoms with E-state index >= 15 is 0 Å². The first-order valence-electron chi connectivity index (χ1n) is 6.63. The van der Waals surface area contributed by atoms with E-state index in [-0.39, 0.29) is 6.61 Å². The standard InChI is InChI=1S/C15H21NO4/c1-4-8-20-9-13(17)16-14(15(18)19)12-7-5-6-10(2)11(12)3/h5-7,14H,4,8-9H2,1-3H3,(H,16,17)(H,18,19). The van der Waals surface area contributed by atoms with Crippen LogP contribution in [0.1, 0.15) is 36.1 Å². The van der Waals surface area contributed by atoms with Crippen molar-refractivity contribution < 1.29 is 19.4 Å². The number of hydrogen-bond acceptors (Lipinski definition) is 3. The molecular weight excluding hydrogens is 258 g/mol. The quantitative estimate of drug-likeness (QED) is 0.748. The lowest BCUT2D eigenvalue weighted by Gasteiger charge is -2.18. The van der Waals surface area contributed by atoms with Gasteiger partial charge in [0.05, 0.1) is 0 Å². The van der Waals surface area contributed by atoms with Crippen LogP contribution in [0.15, 0.2) is 18.2 Å². The van der Waals surface area contributed by atoms with Crippen LogP contribution < -0.4 is 5.32 Å². The molecule has 5 heteroatoms. The number of benzene rings is 1. The second kappa shape index (κ2) is 7.65. The van der Waals surface area contributed by atoms with E-state index in [1.165, 1.54) is 0 Å². The van der Waals surface area contributed by atoms with Crippen LogP contribution in [0.3, 0.4) is 0 Å². The summed E-state index contributed by atoms with van der Waals surface area (Å²) in [6.45, 7) is 6.05. The van der Waals surface area contributed by atoms with Gasteiger partial charge in [0.2, 0.25) is 5.91 Å². The summed E-state index contributed by atoms with van der Waals surface area (Å²) in [5, 5.41) is 11.8. The summed E-state index contributed by atoms with van der Waals surface area (Å²) in [7, 11) is 0. The predicted molar refractivity (Wildman–Crippen MR) is 75.5 cm³/mol. The Morgan fingerprint density at radius 3 is 2.65 bits per heavy atom. The summed E-state index contributed by atoms with van der Waals surface area (Å²) in [4.78, 5) is 23.1. The summed E-state index contributed by atoms with van der Waals surface area (Å²) >= 11 is 0. The average molecular weight is 279 g/mol. The fourth-order valence-electron chi connectivity index (χ4n) is 1.87. The number of carboxylic acids is 1. The molecule has 0 aliphatic rings. The van der Waals surface area contributed by atoms with E-state index in [4.69, 9.17) is 4.74 Å². The number of carbonyl (C=O) groups is 2. The first-order valence-corrected chi connectivity index (χ1v) is 6.63. The van der Waals surface area contributed by atoms with Crippen LogP contribution in [-0.2, 0) is 14.3 Å². The molecule has 0 heterocycles. The number of aliphatic carboxylic acids is 1. The zero-order chi connectivity index (χ0) is 15.1. The zero-order valence-corrected chi connectivity index (χ0v) is 12.1. The lowest BCUT2D eigenvalue weighted by Crippen LogP contribution is -2.36. The van der Waals surface area contributed by atoms with Crippen LogP contribution in [0.2, 0.25) is 0 Å². The molecule has 0 radical (unpaired) electrons. The number of hydrogen-bond donors (Lipinski definition) is 2. The molecule has 0 saturated heterocycles. The largest absolute Gasteiger partial charge is 0.479 e. The molecule has 1 amide bonds. The van der Waals surface area contributed by atoms with Gasteiger partial charge in [-0.05, 0) is 37.0 Å². The van der Waals surface area contributed by atoms with E-state index in [0.717, 1.165) is 17.5 Å². The molecule has 1 aromatic rings. The van der Waals surface area contributed by atoms with Crippen molar-refractivity contribution in [2.45, 2.75) is 33.2 Å². The van der Waals surface area contributed by atoms with E-state index in [9.17, 15) is 14.7 Å². The Morgan fingerprint density at radius 2 is 2.05 bits per heavy atom. The summed E-state index contributed by atoms with van der Waals surface area (Å²) < 4.78 is 5.11. The second-order valence-electron chi connectivity index (χ2n) is 4.68. The van der Waals surface area contributed by atoms with Crippen LogP contribution in [0.4, 0.5) is 0 Å². The highest BCUT2D eigenvalue weighted by atomic mass is 16.5. The van der Waals surface area contributed by atoms with Crippen LogP contribution in [0.25, 0.3) is 0 Å². The third-order valence-electron chi connectivity index (χ3n) is 3.09. The van der Waals surface area contributed by atoms with E-state index in [1.807, 2.05) is 26.8 Å². The predicted octanol–water partition coefficient (Wildman–Crippen LogP) is 1.97. The molecule has 0 fully saturated rings. The van der Waals surface area contributed by atoms with Gasteiger partial charge in [0.15, 0.2) is 6.04 Å². The summed E-state index contributed by atoms with van der Waals surface area (Å²) in [6.07, 6.45) is 0.812. The van der Waals surface area contributed by atoms with E-state index < -0.39 is 17.9 Å². The van der Waals surface area contributed by atoms with Crippen LogP contribution >= 0.6 is 0 Å². The molecule has 1 rings (SSSR count). The monoisotopic (exact) mass is 279 g/mol. The third-order valence-corrected chi connectivity index (χ3v) is 3.09. The van der Waals surface area contributed by atoms with Gasteiger partial charge in [-0.25, -0.2) is 4.79 Å². The maximum Gasteiger partial charge on any atom is 0.330 e. The van der Waals surface area contributed by atoms with E-state index in [2.05, 4.69) is 5.32 Å². The molecule has 5 nitrogen and oxygen atoms in total. The number of amides is 1. The van der Waals surface area contributed by atoms with Gasteiger partial charge in [-0.3, -0.25) is 4.79 Å². The SMILES string of the molecule is CCCOCC(=O)NC(C(=O)O)c1cccc(C)c1C. The van der Waals surface area contributed by atoms with Gasteiger partial charge in [0, 0.05) is 6.61 Å². The normalized spacial score (nSPS) is 11.9. The number of aryl methyl sites for hydroxylation is 1. The maximum absolute atomic E-state index is 11.7. The summed E-state index contributed by atoms with van der Waals surface area (Å²) in [5.74, 6) is -1.51. The molecule has 20 heavy (non-hydrogen) atoms. The number of ether oxygens (including phenoxy) is 1. The highest BCUT2D eigenvalue weighted by molar-refractivity contribution is 5.85. The van der Waals surface area contributed by atoms with Gasteiger partial charge < -0.3 is 15.2 Å². The van der Waals surface area contributed by atoms with Crippen LogP contribution in [0.5, 0.6) is 0 Å². The van der Waals surface area contributed by atoms with Gasteiger partial charge >= 0.3 is 5.97 Å². The van der Waals surface area contributed by atoms with Crippen molar-refractivity contribution in [1.29, 1.82) is 0 Å². The minimum atomic E-state index is -1.08. The molecule has 0 saturated carbocycles. The zero-order valence-electron chi connectivity index (χ0n) is 12.1. The first-order chi connectivity index (χ1) is 9.47. The number of nitrogens with one attached hydrogen (secondary N) is 1. The van der Waals surface area contributed by atoms with Crippen molar-refractivity contribution >= 4 is 11.9 Å². The highest BCUT2D eigenvalue weighted by Gasteiger charge is 2.23. The molecule has 1 atom stereocenters. The van der Waals surface area contributed by atoms with Crippen molar-refractivity contribution in [3.8, 4) is 0 Å². The molecule has 110 valence electrons. The first kappa shape index (κ1) is 16.2. The number of carboxylic acid groups (broad SMARTS) is 1. The lowest BCUT2D eigenvalue weighted by molar-refractivity contribution is -0.142. The smallest absolute Gasteiger partial charge is 0.330 e. The molecule has 0 bridgehead atoms. The van der Waals surface area contributed by atoms with E-state index in [0.29, 0.717) is 12.2 Å². The molecule has 1 aromatic carbocycles.